The molecule has 5 nitrogen and oxygen atoms in total. The van der Waals surface area contributed by atoms with Crippen LogP contribution in [0.5, 0.6) is 0 Å². The quantitative estimate of drug-likeness (QED) is 0.800. The standard InChI is InChI=1S/C17H20N2O3S2/c1-13-5-4-6-14(11-13)18-17(20)12-19(2)24(21,22)16-9-7-15(23-3)8-10-16/h4-11H,12H2,1-3H3,(H,18,20). The van der Waals surface area contributed by atoms with Crippen molar-refractivity contribution in [2.24, 2.45) is 0 Å². The van der Waals surface area contributed by atoms with E-state index in [9.17, 15) is 13.2 Å². The molecule has 24 heavy (non-hydrogen) atoms. The molecule has 1 amide bonds. The van der Waals surface area contributed by atoms with Crippen LogP contribution >= 0.6 is 11.8 Å². The van der Waals surface area contributed by atoms with Gasteiger partial charge in [-0.15, -0.1) is 11.8 Å². The van der Waals surface area contributed by atoms with Crippen LogP contribution in [0.15, 0.2) is 58.3 Å². The highest BCUT2D eigenvalue weighted by atomic mass is 32.2. The van der Waals surface area contributed by atoms with Crippen LogP contribution in [0.1, 0.15) is 5.56 Å². The summed E-state index contributed by atoms with van der Waals surface area (Å²) in [5.74, 6) is -0.382. The van der Waals surface area contributed by atoms with E-state index in [-0.39, 0.29) is 17.3 Å². The topological polar surface area (TPSA) is 66.5 Å². The van der Waals surface area contributed by atoms with Crippen LogP contribution in [0.3, 0.4) is 0 Å². The lowest BCUT2D eigenvalue weighted by atomic mass is 10.2. The number of amides is 1. The van der Waals surface area contributed by atoms with Gasteiger partial charge in [-0.05, 0) is 55.1 Å². The average Bonchev–Trinajstić information content (AvgIpc) is 2.54. The molecule has 128 valence electrons. The number of sulfonamides is 1. The van der Waals surface area contributed by atoms with Crippen LogP contribution in [0.25, 0.3) is 0 Å². The van der Waals surface area contributed by atoms with Crippen LogP contribution in [-0.2, 0) is 14.8 Å². The summed E-state index contributed by atoms with van der Waals surface area (Å²) < 4.78 is 26.1. The molecule has 2 rings (SSSR count). The summed E-state index contributed by atoms with van der Waals surface area (Å²) in [5, 5.41) is 2.71. The molecule has 0 bridgehead atoms. The third-order valence-corrected chi connectivity index (χ3v) is 6.00. The Hall–Kier alpha value is -1.83. The third-order valence-electron chi connectivity index (χ3n) is 3.44. The number of benzene rings is 2. The van der Waals surface area contributed by atoms with Gasteiger partial charge in [0.15, 0.2) is 0 Å². The van der Waals surface area contributed by atoms with Gasteiger partial charge >= 0.3 is 0 Å². The van der Waals surface area contributed by atoms with Gasteiger partial charge in [0.25, 0.3) is 0 Å². The first kappa shape index (κ1) is 18.5. The van der Waals surface area contributed by atoms with Crippen LogP contribution in [0.4, 0.5) is 5.69 Å². The van der Waals surface area contributed by atoms with E-state index in [4.69, 9.17) is 0 Å². The first-order valence-electron chi connectivity index (χ1n) is 7.30. The SMILES string of the molecule is CSc1ccc(S(=O)(=O)N(C)CC(=O)Nc2cccc(C)c2)cc1. The van der Waals surface area contributed by atoms with E-state index < -0.39 is 10.0 Å². The van der Waals surface area contributed by atoms with Crippen molar-refractivity contribution in [1.29, 1.82) is 0 Å². The monoisotopic (exact) mass is 364 g/mol. The molecule has 0 aliphatic heterocycles. The number of nitrogens with zero attached hydrogens (tertiary/aromatic N) is 1. The molecule has 0 atom stereocenters. The Morgan fingerprint density at radius 3 is 2.42 bits per heavy atom. The summed E-state index contributed by atoms with van der Waals surface area (Å²) in [6.07, 6.45) is 1.92. The van der Waals surface area contributed by atoms with E-state index in [1.807, 2.05) is 31.4 Å². The lowest BCUT2D eigenvalue weighted by Gasteiger charge is -2.17. The number of aryl methyl sites for hydroxylation is 1. The number of hydrogen-bond donors (Lipinski definition) is 1. The molecule has 0 radical (unpaired) electrons. The molecule has 0 saturated heterocycles. The second kappa shape index (κ2) is 7.83. The Bertz CT molecular complexity index is 818. The Kier molecular flexibility index (Phi) is 6.04. The van der Waals surface area contributed by atoms with Gasteiger partial charge in [-0.1, -0.05) is 12.1 Å². The number of anilines is 1. The largest absolute Gasteiger partial charge is 0.325 e. The van der Waals surface area contributed by atoms with Gasteiger partial charge in [0, 0.05) is 17.6 Å². The van der Waals surface area contributed by atoms with Crippen LogP contribution in [0.2, 0.25) is 0 Å². The second-order valence-corrected chi connectivity index (χ2v) is 8.28. The maximum Gasteiger partial charge on any atom is 0.243 e. The van der Waals surface area contributed by atoms with E-state index in [2.05, 4.69) is 5.32 Å². The minimum Gasteiger partial charge on any atom is -0.325 e. The highest BCUT2D eigenvalue weighted by Gasteiger charge is 2.22. The molecule has 0 saturated carbocycles. The van der Waals surface area contributed by atoms with Gasteiger partial charge in [-0.25, -0.2) is 8.42 Å². The van der Waals surface area contributed by atoms with E-state index in [1.54, 1.807) is 30.3 Å². The molecule has 2 aromatic carbocycles. The zero-order valence-corrected chi connectivity index (χ0v) is 15.4. The fourth-order valence-corrected chi connectivity index (χ4v) is 3.67. The lowest BCUT2D eigenvalue weighted by molar-refractivity contribution is -0.116. The van der Waals surface area contributed by atoms with E-state index in [0.717, 1.165) is 14.8 Å². The molecule has 2 aromatic rings. The van der Waals surface area contributed by atoms with Crippen molar-refractivity contribution in [3.63, 3.8) is 0 Å². The Morgan fingerprint density at radius 1 is 1.17 bits per heavy atom. The second-order valence-electron chi connectivity index (χ2n) is 5.35. The van der Waals surface area contributed by atoms with Gasteiger partial charge in [-0.2, -0.15) is 4.31 Å². The first-order valence-corrected chi connectivity index (χ1v) is 9.96. The number of hydrogen-bond acceptors (Lipinski definition) is 4. The van der Waals surface area contributed by atoms with Gasteiger partial charge in [0.05, 0.1) is 11.4 Å². The normalized spacial score (nSPS) is 11.5. The molecular formula is C17H20N2O3S2. The highest BCUT2D eigenvalue weighted by molar-refractivity contribution is 7.98. The van der Waals surface area contributed by atoms with Gasteiger partial charge in [-0.3, -0.25) is 4.79 Å². The summed E-state index contributed by atoms with van der Waals surface area (Å²) in [6.45, 7) is 1.67. The van der Waals surface area contributed by atoms with Gasteiger partial charge < -0.3 is 5.32 Å². The fraction of sp³-hybridized carbons (Fsp3) is 0.235. The molecule has 0 aliphatic rings. The van der Waals surface area contributed by atoms with Crippen molar-refractivity contribution >= 4 is 33.4 Å². The maximum atomic E-state index is 12.5. The van der Waals surface area contributed by atoms with Crippen molar-refractivity contribution < 1.29 is 13.2 Å². The van der Waals surface area contributed by atoms with Crippen LogP contribution in [0, 0.1) is 6.92 Å². The highest BCUT2D eigenvalue weighted by Crippen LogP contribution is 2.20. The zero-order chi connectivity index (χ0) is 17.7. The van der Waals surface area contributed by atoms with Crippen molar-refractivity contribution in [3.05, 3.63) is 54.1 Å². The lowest BCUT2D eigenvalue weighted by Crippen LogP contribution is -2.34. The predicted octanol–water partition coefficient (Wildman–Crippen LogP) is 2.98. The molecule has 0 aliphatic carbocycles. The fourth-order valence-electron chi connectivity index (χ4n) is 2.14. The van der Waals surface area contributed by atoms with Crippen molar-refractivity contribution in [3.8, 4) is 0 Å². The average molecular weight is 364 g/mol. The number of thioether (sulfide) groups is 1. The smallest absolute Gasteiger partial charge is 0.243 e. The molecule has 1 N–H and O–H groups in total. The van der Waals surface area contributed by atoms with Crippen molar-refractivity contribution in [2.45, 2.75) is 16.7 Å². The summed E-state index contributed by atoms with van der Waals surface area (Å²) in [4.78, 5) is 13.2. The Labute approximate surface area is 147 Å². The molecule has 0 aromatic heterocycles. The summed E-state index contributed by atoms with van der Waals surface area (Å²) in [7, 11) is -2.30. The Balaban J connectivity index is 2.06. The molecule has 0 spiro atoms. The van der Waals surface area contributed by atoms with Crippen molar-refractivity contribution in [1.82, 2.24) is 4.31 Å². The number of rotatable bonds is 6. The molecule has 0 heterocycles. The minimum absolute atomic E-state index is 0.172. The molecule has 0 unspecified atom stereocenters. The van der Waals surface area contributed by atoms with E-state index >= 15 is 0 Å². The first-order chi connectivity index (χ1) is 11.3. The summed E-state index contributed by atoms with van der Waals surface area (Å²) >= 11 is 1.54. The number of likely N-dealkylation sites (N-methyl/N-ethyl adjacent to an activating group) is 1. The predicted molar refractivity (Wildman–Crippen MR) is 97.8 cm³/mol. The number of carbonyl (C=O) groups is 1. The third kappa shape index (κ3) is 4.59. The Morgan fingerprint density at radius 2 is 1.83 bits per heavy atom. The molecule has 7 heteroatoms. The summed E-state index contributed by atoms with van der Waals surface area (Å²) in [5.41, 5.74) is 1.66. The van der Waals surface area contributed by atoms with Crippen LogP contribution < -0.4 is 5.32 Å². The van der Waals surface area contributed by atoms with E-state index in [1.165, 1.54) is 18.8 Å². The van der Waals surface area contributed by atoms with Gasteiger partial charge in [0.1, 0.15) is 0 Å². The number of nitrogens with one attached hydrogen (secondary N) is 1. The minimum atomic E-state index is -3.70. The zero-order valence-electron chi connectivity index (χ0n) is 13.8. The molecule has 0 fully saturated rings. The molecular weight excluding hydrogens is 344 g/mol. The van der Waals surface area contributed by atoms with Gasteiger partial charge in [0.2, 0.25) is 15.9 Å². The van der Waals surface area contributed by atoms with E-state index in [0.29, 0.717) is 5.69 Å². The van der Waals surface area contributed by atoms with Crippen LogP contribution in [-0.4, -0.2) is 38.5 Å². The number of carbonyl (C=O) groups excluding carboxylic acids is 1. The summed E-state index contributed by atoms with van der Waals surface area (Å²) in [6, 6.07) is 13.9. The maximum absolute atomic E-state index is 12.5. The van der Waals surface area contributed by atoms with Crippen molar-refractivity contribution in [2.75, 3.05) is 25.2 Å².